The number of anilines is 1. The molecule has 1 saturated heterocycles. The van der Waals surface area contributed by atoms with Crippen LogP contribution in [0.5, 0.6) is 5.75 Å². The molecule has 2 aliphatic heterocycles. The fourth-order valence-corrected chi connectivity index (χ4v) is 5.08. The highest BCUT2D eigenvalue weighted by atomic mass is 32.2. The summed E-state index contributed by atoms with van der Waals surface area (Å²) in [7, 11) is 0. The molecular formula is C27H31N5O3S. The van der Waals surface area contributed by atoms with Crippen molar-refractivity contribution in [2.24, 2.45) is 16.0 Å². The highest BCUT2D eigenvalue weighted by molar-refractivity contribution is 7.85. The lowest BCUT2D eigenvalue weighted by Gasteiger charge is -2.33. The summed E-state index contributed by atoms with van der Waals surface area (Å²) in [4.78, 5) is 19.2. The van der Waals surface area contributed by atoms with E-state index < -0.39 is 11.2 Å². The van der Waals surface area contributed by atoms with Crippen molar-refractivity contribution < 1.29 is 13.7 Å². The molecule has 0 spiro atoms. The number of nitrogens with zero attached hydrogens (tertiary/aromatic N) is 3. The van der Waals surface area contributed by atoms with Crippen LogP contribution < -0.4 is 15.2 Å². The van der Waals surface area contributed by atoms with Gasteiger partial charge in [0.25, 0.3) is 5.91 Å². The molecule has 9 heteroatoms. The maximum absolute atomic E-state index is 13.3. The Morgan fingerprint density at radius 1 is 1.14 bits per heavy atom. The second-order valence-corrected chi connectivity index (χ2v) is 9.28. The molecule has 0 saturated carbocycles. The zero-order valence-corrected chi connectivity index (χ0v) is 21.3. The number of carbonyl (C=O) groups is 1. The molecule has 188 valence electrons. The Balaban J connectivity index is 0.00000148. The first-order chi connectivity index (χ1) is 17.6. The third kappa shape index (κ3) is 5.73. The minimum atomic E-state index is -1.58. The Kier molecular flexibility index (Phi) is 8.32. The number of amidine groups is 1. The van der Waals surface area contributed by atoms with Gasteiger partial charge in [0.1, 0.15) is 11.6 Å². The monoisotopic (exact) mass is 505 g/mol. The molecule has 1 fully saturated rings. The van der Waals surface area contributed by atoms with Crippen molar-refractivity contribution in [1.29, 1.82) is 0 Å². The van der Waals surface area contributed by atoms with E-state index in [0.717, 1.165) is 30.5 Å². The van der Waals surface area contributed by atoms with E-state index in [2.05, 4.69) is 14.1 Å². The number of ether oxygens (including phenoxy) is 1. The number of aromatic nitrogens is 1. The lowest BCUT2D eigenvalue weighted by Crippen LogP contribution is -2.41. The van der Waals surface area contributed by atoms with Crippen LogP contribution in [0.1, 0.15) is 42.6 Å². The Labute approximate surface area is 214 Å². The number of amides is 1. The topological polar surface area (TPSA) is 110 Å². The molecule has 3 aromatic rings. The van der Waals surface area contributed by atoms with Gasteiger partial charge in [-0.05, 0) is 60.4 Å². The third-order valence-corrected chi connectivity index (χ3v) is 6.82. The largest absolute Gasteiger partial charge is 0.492 e. The number of fused-ring (bicyclic) bond motifs is 1. The summed E-state index contributed by atoms with van der Waals surface area (Å²) in [5.41, 5.74) is 9.97. The van der Waals surface area contributed by atoms with Gasteiger partial charge in [0.05, 0.1) is 17.9 Å². The second-order valence-electron chi connectivity index (χ2n) is 8.39. The van der Waals surface area contributed by atoms with Crippen LogP contribution in [-0.2, 0) is 11.2 Å². The molecule has 0 aliphatic carbocycles. The van der Waals surface area contributed by atoms with Gasteiger partial charge in [0, 0.05) is 37.0 Å². The Bertz CT molecular complexity index is 1270. The van der Waals surface area contributed by atoms with Gasteiger partial charge in [0.15, 0.2) is 0 Å². The molecule has 3 heterocycles. The summed E-state index contributed by atoms with van der Waals surface area (Å²) in [6.45, 7) is 5.80. The van der Waals surface area contributed by atoms with E-state index in [1.165, 1.54) is 0 Å². The van der Waals surface area contributed by atoms with Gasteiger partial charge in [-0.25, -0.2) is 4.21 Å². The summed E-state index contributed by atoms with van der Waals surface area (Å²) in [6.07, 6.45) is 5.39. The van der Waals surface area contributed by atoms with Crippen LogP contribution in [0.25, 0.3) is 11.1 Å². The minimum absolute atomic E-state index is 0.0285. The van der Waals surface area contributed by atoms with Gasteiger partial charge in [0.2, 0.25) is 11.2 Å². The van der Waals surface area contributed by atoms with Crippen molar-refractivity contribution in [1.82, 2.24) is 9.88 Å². The number of hydrogen-bond acceptors (Lipinski definition) is 5. The normalized spacial score (nSPS) is 18.6. The zero-order valence-electron chi connectivity index (χ0n) is 20.5. The highest BCUT2D eigenvalue weighted by Crippen LogP contribution is 2.30. The first-order valence-electron chi connectivity index (χ1n) is 12.2. The number of piperidine rings is 1. The fraction of sp³-hybridized carbons (Fsp3) is 0.296. The van der Waals surface area contributed by atoms with Crippen molar-refractivity contribution in [3.63, 3.8) is 0 Å². The van der Waals surface area contributed by atoms with Gasteiger partial charge >= 0.3 is 0 Å². The number of nitrogens with one attached hydrogen (secondary N) is 1. The summed E-state index contributed by atoms with van der Waals surface area (Å²) in [6, 6.07) is 17.0. The van der Waals surface area contributed by atoms with Crippen LogP contribution in [0.15, 0.2) is 71.4 Å². The van der Waals surface area contributed by atoms with Crippen molar-refractivity contribution in [2.75, 3.05) is 24.4 Å². The Hall–Kier alpha value is -3.72. The van der Waals surface area contributed by atoms with Crippen LogP contribution in [0.4, 0.5) is 5.69 Å². The smallest absolute Gasteiger partial charge is 0.253 e. The van der Waals surface area contributed by atoms with E-state index in [9.17, 15) is 9.00 Å². The molecule has 0 bridgehead atoms. The number of benzene rings is 2. The van der Waals surface area contributed by atoms with Crippen LogP contribution in [-0.4, -0.2) is 45.5 Å². The van der Waals surface area contributed by atoms with Gasteiger partial charge in [-0.3, -0.25) is 14.5 Å². The van der Waals surface area contributed by atoms with Gasteiger partial charge in [-0.2, -0.15) is 4.40 Å². The van der Waals surface area contributed by atoms with Crippen LogP contribution >= 0.6 is 0 Å². The Morgan fingerprint density at radius 3 is 2.72 bits per heavy atom. The number of rotatable bonds is 5. The Morgan fingerprint density at radius 2 is 1.92 bits per heavy atom. The molecule has 3 N–H and O–H groups in total. The SMILES string of the molecule is CC.NC1=NS(=O)Nc2cccc(OCC3CCCN(C(=O)c4cccc(-c5ccncc5)c4)C3)c21. The summed E-state index contributed by atoms with van der Waals surface area (Å²) in [5, 5.41) is 0. The molecule has 0 radical (unpaired) electrons. The van der Waals surface area contributed by atoms with Crippen LogP contribution in [0.2, 0.25) is 0 Å². The second kappa shape index (κ2) is 11.8. The predicted octanol–water partition coefficient (Wildman–Crippen LogP) is 4.42. The maximum Gasteiger partial charge on any atom is 0.253 e. The summed E-state index contributed by atoms with van der Waals surface area (Å²) >= 11 is -1.58. The molecule has 2 aliphatic rings. The average molecular weight is 506 g/mol. The molecule has 2 aromatic carbocycles. The maximum atomic E-state index is 13.3. The van der Waals surface area contributed by atoms with E-state index in [-0.39, 0.29) is 17.7 Å². The van der Waals surface area contributed by atoms with E-state index >= 15 is 0 Å². The zero-order chi connectivity index (χ0) is 25.5. The quantitative estimate of drug-likeness (QED) is 0.534. The minimum Gasteiger partial charge on any atom is -0.492 e. The van der Waals surface area contributed by atoms with Gasteiger partial charge in [-0.15, -0.1) is 0 Å². The molecule has 1 amide bonds. The van der Waals surface area contributed by atoms with Crippen LogP contribution in [0, 0.1) is 5.92 Å². The predicted molar refractivity (Wildman–Crippen MR) is 144 cm³/mol. The lowest BCUT2D eigenvalue weighted by atomic mass is 9.97. The van der Waals surface area contributed by atoms with Crippen molar-refractivity contribution in [3.8, 4) is 16.9 Å². The highest BCUT2D eigenvalue weighted by Gasteiger charge is 2.26. The number of pyridine rings is 1. The summed E-state index contributed by atoms with van der Waals surface area (Å²) < 4.78 is 24.5. The molecule has 1 aromatic heterocycles. The van der Waals surface area contributed by atoms with Gasteiger partial charge in [-0.1, -0.05) is 32.0 Å². The molecule has 8 nitrogen and oxygen atoms in total. The molecule has 36 heavy (non-hydrogen) atoms. The first-order valence-corrected chi connectivity index (χ1v) is 13.3. The van der Waals surface area contributed by atoms with Gasteiger partial charge < -0.3 is 15.4 Å². The number of carbonyl (C=O) groups excluding carboxylic acids is 1. The molecule has 2 unspecified atom stereocenters. The third-order valence-electron chi connectivity index (χ3n) is 6.06. The van der Waals surface area contributed by atoms with E-state index in [0.29, 0.717) is 35.7 Å². The molecule has 5 rings (SSSR count). The van der Waals surface area contributed by atoms with Crippen LogP contribution in [0.3, 0.4) is 0 Å². The van der Waals surface area contributed by atoms with Crippen molar-refractivity contribution in [2.45, 2.75) is 26.7 Å². The van der Waals surface area contributed by atoms with E-state index in [1.54, 1.807) is 18.5 Å². The van der Waals surface area contributed by atoms with Crippen molar-refractivity contribution in [3.05, 3.63) is 78.1 Å². The average Bonchev–Trinajstić information content (AvgIpc) is 2.93. The van der Waals surface area contributed by atoms with E-state index in [4.69, 9.17) is 10.5 Å². The number of nitrogens with two attached hydrogens (primary N) is 1. The standard InChI is InChI=1S/C25H25N5O3S.C2H6/c26-24-23-21(28-34(32)29-24)7-2-8-22(23)33-16-17-4-3-13-30(15-17)25(31)20-6-1-5-19(14-20)18-9-11-27-12-10-18;1-2/h1-2,5-12,14,17,28H,3-4,13,15-16H2,(H2,26,29);1-2H3. The van der Waals surface area contributed by atoms with Crippen molar-refractivity contribution >= 4 is 28.6 Å². The van der Waals surface area contributed by atoms with E-state index in [1.807, 2.05) is 67.3 Å². The number of hydrogen-bond donors (Lipinski definition) is 2. The first kappa shape index (κ1) is 25.4. The molecular weight excluding hydrogens is 474 g/mol. The molecule has 2 atom stereocenters. The number of likely N-dealkylation sites (tertiary alicyclic amines) is 1. The summed E-state index contributed by atoms with van der Waals surface area (Å²) in [5.74, 6) is 1.01. The lowest BCUT2D eigenvalue weighted by molar-refractivity contribution is 0.0633. The fourth-order valence-electron chi connectivity index (χ4n) is 4.40.